The molecule has 4 rings (SSSR count). The van der Waals surface area contributed by atoms with Crippen molar-refractivity contribution in [2.75, 3.05) is 31.1 Å². The average molecular weight is 387 g/mol. The molecule has 3 aromatic rings. The zero-order valence-corrected chi connectivity index (χ0v) is 15.8. The lowest BCUT2D eigenvalue weighted by atomic mass is 10.2. The van der Waals surface area contributed by atoms with Crippen molar-refractivity contribution >= 4 is 26.8 Å². The van der Waals surface area contributed by atoms with Crippen LogP contribution < -0.4 is 10.7 Å². The number of aryl methyl sites for hydroxylation is 1. The van der Waals surface area contributed by atoms with Crippen LogP contribution in [-0.2, 0) is 15.8 Å². The van der Waals surface area contributed by atoms with Crippen LogP contribution in [0.4, 0.5) is 5.69 Å². The molecule has 27 heavy (non-hydrogen) atoms. The maximum atomic E-state index is 12.7. The van der Waals surface area contributed by atoms with Crippen LogP contribution in [0.15, 0.2) is 51.7 Å². The SMILES string of the molecule is Cc1cccc(CS(=O)(=O)N2CCN(c3ccc4[nH]c(=O)oc4c3)CC2)c1. The van der Waals surface area contributed by atoms with Crippen LogP contribution in [0.25, 0.3) is 11.1 Å². The molecule has 7 nitrogen and oxygen atoms in total. The molecule has 0 atom stereocenters. The third kappa shape index (κ3) is 3.77. The monoisotopic (exact) mass is 387 g/mol. The number of aromatic nitrogens is 1. The molecule has 1 aliphatic heterocycles. The quantitative estimate of drug-likeness (QED) is 0.741. The number of fused-ring (bicyclic) bond motifs is 1. The third-order valence-corrected chi connectivity index (χ3v) is 6.68. The van der Waals surface area contributed by atoms with Crippen molar-refractivity contribution in [3.63, 3.8) is 0 Å². The second-order valence-electron chi connectivity index (χ2n) is 6.83. The molecule has 0 saturated carbocycles. The summed E-state index contributed by atoms with van der Waals surface area (Å²) >= 11 is 0. The number of sulfonamides is 1. The number of hydrogen-bond donors (Lipinski definition) is 1. The van der Waals surface area contributed by atoms with Crippen LogP contribution in [0.1, 0.15) is 11.1 Å². The van der Waals surface area contributed by atoms with Crippen LogP contribution in [-0.4, -0.2) is 43.9 Å². The molecule has 142 valence electrons. The molecule has 0 bridgehead atoms. The molecule has 1 fully saturated rings. The maximum absolute atomic E-state index is 12.7. The van der Waals surface area contributed by atoms with Crippen molar-refractivity contribution in [3.8, 4) is 0 Å². The first-order valence-corrected chi connectivity index (χ1v) is 10.4. The summed E-state index contributed by atoms with van der Waals surface area (Å²) in [5.41, 5.74) is 3.95. The molecule has 0 radical (unpaired) electrons. The van der Waals surface area contributed by atoms with E-state index < -0.39 is 15.8 Å². The fourth-order valence-corrected chi connectivity index (χ4v) is 4.96. The van der Waals surface area contributed by atoms with Gasteiger partial charge in [0.05, 0.1) is 11.3 Å². The van der Waals surface area contributed by atoms with Gasteiger partial charge in [0.2, 0.25) is 10.0 Å². The highest BCUT2D eigenvalue weighted by atomic mass is 32.2. The van der Waals surface area contributed by atoms with Gasteiger partial charge in [-0.2, -0.15) is 4.31 Å². The van der Waals surface area contributed by atoms with Crippen molar-refractivity contribution < 1.29 is 12.8 Å². The van der Waals surface area contributed by atoms with Gasteiger partial charge < -0.3 is 9.32 Å². The van der Waals surface area contributed by atoms with E-state index in [1.54, 1.807) is 10.4 Å². The number of benzene rings is 2. The Balaban J connectivity index is 1.45. The van der Waals surface area contributed by atoms with E-state index in [2.05, 4.69) is 9.88 Å². The molecule has 1 aliphatic rings. The lowest BCUT2D eigenvalue weighted by Gasteiger charge is -2.35. The first-order chi connectivity index (χ1) is 12.9. The van der Waals surface area contributed by atoms with Gasteiger partial charge in [-0.15, -0.1) is 0 Å². The van der Waals surface area contributed by atoms with Crippen molar-refractivity contribution in [2.45, 2.75) is 12.7 Å². The molecule has 8 heteroatoms. The highest BCUT2D eigenvalue weighted by Crippen LogP contribution is 2.23. The molecule has 1 N–H and O–H groups in total. The van der Waals surface area contributed by atoms with E-state index in [1.165, 1.54) is 0 Å². The molecule has 0 aliphatic carbocycles. The zero-order chi connectivity index (χ0) is 19.0. The lowest BCUT2D eigenvalue weighted by Crippen LogP contribution is -2.49. The summed E-state index contributed by atoms with van der Waals surface area (Å²) in [5, 5.41) is 0. The molecule has 0 spiro atoms. The Morgan fingerprint density at radius 3 is 2.59 bits per heavy atom. The van der Waals surface area contributed by atoms with Gasteiger partial charge >= 0.3 is 5.76 Å². The van der Waals surface area contributed by atoms with Gasteiger partial charge in [0.1, 0.15) is 0 Å². The fraction of sp³-hybridized carbons (Fsp3) is 0.316. The number of oxazole rings is 1. The Hall–Kier alpha value is -2.58. The zero-order valence-electron chi connectivity index (χ0n) is 15.0. The summed E-state index contributed by atoms with van der Waals surface area (Å²) in [6.45, 7) is 4.01. The minimum Gasteiger partial charge on any atom is -0.408 e. The summed E-state index contributed by atoms with van der Waals surface area (Å²) in [4.78, 5) is 16.0. The van der Waals surface area contributed by atoms with E-state index in [1.807, 2.05) is 43.3 Å². The van der Waals surface area contributed by atoms with Crippen LogP contribution in [0.2, 0.25) is 0 Å². The molecular weight excluding hydrogens is 366 g/mol. The highest BCUT2D eigenvalue weighted by Gasteiger charge is 2.27. The van der Waals surface area contributed by atoms with Gasteiger partial charge in [0, 0.05) is 37.9 Å². The smallest absolute Gasteiger partial charge is 0.408 e. The number of nitrogens with zero attached hydrogens (tertiary/aromatic N) is 2. The summed E-state index contributed by atoms with van der Waals surface area (Å²) in [7, 11) is -3.35. The summed E-state index contributed by atoms with van der Waals surface area (Å²) < 4.78 is 32.1. The molecular formula is C19H21N3O4S. The van der Waals surface area contributed by atoms with Gasteiger partial charge in [-0.1, -0.05) is 29.8 Å². The molecule has 1 aromatic heterocycles. The molecule has 2 heterocycles. The number of hydrogen-bond acceptors (Lipinski definition) is 5. The minimum atomic E-state index is -3.35. The minimum absolute atomic E-state index is 0.0230. The summed E-state index contributed by atoms with van der Waals surface area (Å²) in [5.74, 6) is -0.455. The van der Waals surface area contributed by atoms with E-state index >= 15 is 0 Å². The first-order valence-electron chi connectivity index (χ1n) is 8.82. The van der Waals surface area contributed by atoms with Crippen molar-refractivity contribution in [1.82, 2.24) is 9.29 Å². The first kappa shape index (κ1) is 17.8. The number of nitrogens with one attached hydrogen (secondary N) is 1. The third-order valence-electron chi connectivity index (χ3n) is 4.83. The topological polar surface area (TPSA) is 86.6 Å². The van der Waals surface area contributed by atoms with E-state index in [0.29, 0.717) is 37.3 Å². The Bertz CT molecular complexity index is 1130. The standard InChI is InChI=1S/C19H21N3O4S/c1-14-3-2-4-15(11-14)13-27(24,25)22-9-7-21(8-10-22)16-5-6-17-18(12-16)26-19(23)20-17/h2-6,11-12H,7-10,13H2,1H3,(H,20,23). The van der Waals surface area contributed by atoms with E-state index in [0.717, 1.165) is 16.8 Å². The predicted molar refractivity (Wildman–Crippen MR) is 104 cm³/mol. The Labute approximate surface area is 157 Å². The van der Waals surface area contributed by atoms with E-state index in [9.17, 15) is 13.2 Å². The second kappa shape index (κ2) is 6.86. The Morgan fingerprint density at radius 1 is 1.07 bits per heavy atom. The van der Waals surface area contributed by atoms with Crippen molar-refractivity contribution in [1.29, 1.82) is 0 Å². The average Bonchev–Trinajstić information content (AvgIpc) is 3.00. The largest absolute Gasteiger partial charge is 0.417 e. The van der Waals surface area contributed by atoms with Gasteiger partial charge in [0.25, 0.3) is 0 Å². The van der Waals surface area contributed by atoms with Crippen LogP contribution in [0, 0.1) is 6.92 Å². The molecule has 0 unspecified atom stereocenters. The molecule has 0 amide bonds. The lowest BCUT2D eigenvalue weighted by molar-refractivity contribution is 0.384. The van der Waals surface area contributed by atoms with Gasteiger partial charge in [0.15, 0.2) is 5.58 Å². The molecule has 2 aromatic carbocycles. The number of H-pyrrole nitrogens is 1. The van der Waals surface area contributed by atoms with Gasteiger partial charge in [-0.3, -0.25) is 4.98 Å². The van der Waals surface area contributed by atoms with Crippen molar-refractivity contribution in [2.24, 2.45) is 0 Å². The van der Waals surface area contributed by atoms with Crippen LogP contribution >= 0.6 is 0 Å². The Kier molecular flexibility index (Phi) is 4.53. The van der Waals surface area contributed by atoms with E-state index in [-0.39, 0.29) is 5.75 Å². The molecule has 1 saturated heterocycles. The predicted octanol–water partition coefficient (Wildman–Crippen LogP) is 2.08. The normalized spacial score (nSPS) is 16.1. The summed E-state index contributed by atoms with van der Waals surface area (Å²) in [6.07, 6.45) is 0. The second-order valence-corrected chi connectivity index (χ2v) is 8.80. The van der Waals surface area contributed by atoms with Gasteiger partial charge in [-0.25, -0.2) is 13.2 Å². The number of anilines is 1. The van der Waals surface area contributed by atoms with Crippen LogP contribution in [0.3, 0.4) is 0 Å². The van der Waals surface area contributed by atoms with Crippen LogP contribution in [0.5, 0.6) is 0 Å². The number of piperazine rings is 1. The van der Waals surface area contributed by atoms with Gasteiger partial charge in [-0.05, 0) is 24.6 Å². The maximum Gasteiger partial charge on any atom is 0.417 e. The number of aromatic amines is 1. The fourth-order valence-electron chi connectivity index (χ4n) is 3.46. The Morgan fingerprint density at radius 2 is 1.85 bits per heavy atom. The van der Waals surface area contributed by atoms with E-state index in [4.69, 9.17) is 4.42 Å². The summed E-state index contributed by atoms with van der Waals surface area (Å²) in [6, 6.07) is 13.1. The highest BCUT2D eigenvalue weighted by molar-refractivity contribution is 7.88. The number of rotatable bonds is 4. The van der Waals surface area contributed by atoms with Crippen molar-refractivity contribution in [3.05, 3.63) is 64.1 Å².